The number of carbonyl (C=O) groups is 1. The van der Waals surface area contributed by atoms with Crippen LogP contribution in [0, 0.1) is 0 Å². The molecule has 1 heterocycles. The molecule has 0 bridgehead atoms. The molecule has 0 aliphatic heterocycles. The van der Waals surface area contributed by atoms with Crippen molar-refractivity contribution in [3.8, 4) is 5.75 Å². The molecular weight excluding hydrogens is 232 g/mol. The van der Waals surface area contributed by atoms with Gasteiger partial charge in [-0.3, -0.25) is 4.79 Å². The van der Waals surface area contributed by atoms with Crippen LogP contribution < -0.4 is 10.1 Å². The molecule has 0 fully saturated rings. The van der Waals surface area contributed by atoms with Crippen molar-refractivity contribution in [2.24, 2.45) is 0 Å². The molecule has 1 amide bonds. The lowest BCUT2D eigenvalue weighted by Crippen LogP contribution is -2.12. The van der Waals surface area contributed by atoms with E-state index in [4.69, 9.17) is 4.74 Å². The van der Waals surface area contributed by atoms with Gasteiger partial charge in [0.15, 0.2) is 5.69 Å². The molecule has 2 rings (SSSR count). The second-order valence-corrected chi connectivity index (χ2v) is 3.69. The van der Waals surface area contributed by atoms with Crippen LogP contribution in [0.2, 0.25) is 0 Å². The molecule has 1 aromatic heterocycles. The molecule has 18 heavy (non-hydrogen) atoms. The number of hydrogen-bond acceptors (Lipinski definition) is 4. The molecule has 0 radical (unpaired) electrons. The van der Waals surface area contributed by atoms with Crippen molar-refractivity contribution in [2.75, 3.05) is 11.9 Å². The zero-order valence-corrected chi connectivity index (χ0v) is 10.0. The Morgan fingerprint density at radius 3 is 3.11 bits per heavy atom. The van der Waals surface area contributed by atoms with Crippen LogP contribution in [0.25, 0.3) is 0 Å². The molecule has 0 saturated heterocycles. The summed E-state index contributed by atoms with van der Waals surface area (Å²) < 4.78 is 5.48. The molecule has 0 aliphatic carbocycles. The van der Waals surface area contributed by atoms with E-state index >= 15 is 0 Å². The molecule has 2 aromatic rings. The number of H-pyrrole nitrogens is 1. The molecule has 1 aromatic carbocycles. The van der Waals surface area contributed by atoms with Crippen molar-refractivity contribution >= 4 is 11.6 Å². The van der Waals surface area contributed by atoms with E-state index in [2.05, 4.69) is 20.7 Å². The normalized spacial score (nSPS) is 10.1. The average molecular weight is 246 g/mol. The van der Waals surface area contributed by atoms with Gasteiger partial charge in [-0.2, -0.15) is 15.4 Å². The standard InChI is InChI=1S/C12H14N4O2/c1-2-6-18-10-5-3-4-9(7-10)14-12(17)11-8-13-16-15-11/h3-5,7-8H,2,6H2,1H3,(H,14,17)(H,13,15,16). The lowest BCUT2D eigenvalue weighted by Gasteiger charge is -2.07. The fourth-order valence-corrected chi connectivity index (χ4v) is 1.39. The highest BCUT2D eigenvalue weighted by atomic mass is 16.5. The molecule has 6 heteroatoms. The number of anilines is 1. The fourth-order valence-electron chi connectivity index (χ4n) is 1.39. The van der Waals surface area contributed by atoms with Gasteiger partial charge >= 0.3 is 0 Å². The van der Waals surface area contributed by atoms with Gasteiger partial charge in [0, 0.05) is 11.8 Å². The number of ether oxygens (including phenoxy) is 1. The van der Waals surface area contributed by atoms with E-state index in [-0.39, 0.29) is 11.6 Å². The van der Waals surface area contributed by atoms with Crippen LogP contribution in [0.3, 0.4) is 0 Å². The molecule has 94 valence electrons. The van der Waals surface area contributed by atoms with Gasteiger partial charge in [-0.15, -0.1) is 0 Å². The van der Waals surface area contributed by atoms with Gasteiger partial charge in [0.05, 0.1) is 12.8 Å². The Labute approximate surface area is 104 Å². The first-order valence-corrected chi connectivity index (χ1v) is 5.69. The average Bonchev–Trinajstić information content (AvgIpc) is 2.91. The Kier molecular flexibility index (Phi) is 3.90. The Morgan fingerprint density at radius 1 is 1.50 bits per heavy atom. The van der Waals surface area contributed by atoms with Gasteiger partial charge in [-0.25, -0.2) is 0 Å². The maximum absolute atomic E-state index is 11.7. The van der Waals surface area contributed by atoms with Gasteiger partial charge in [0.2, 0.25) is 0 Å². The van der Waals surface area contributed by atoms with Crippen LogP contribution in [-0.4, -0.2) is 27.9 Å². The maximum Gasteiger partial charge on any atom is 0.277 e. The van der Waals surface area contributed by atoms with Gasteiger partial charge in [0.25, 0.3) is 5.91 Å². The van der Waals surface area contributed by atoms with Gasteiger partial charge in [0.1, 0.15) is 5.75 Å². The highest BCUT2D eigenvalue weighted by Gasteiger charge is 2.08. The van der Waals surface area contributed by atoms with Crippen LogP contribution >= 0.6 is 0 Å². The predicted molar refractivity (Wildman–Crippen MR) is 66.6 cm³/mol. The van der Waals surface area contributed by atoms with E-state index in [0.29, 0.717) is 12.3 Å². The van der Waals surface area contributed by atoms with Gasteiger partial charge < -0.3 is 10.1 Å². The number of aromatic nitrogens is 3. The largest absolute Gasteiger partial charge is 0.494 e. The molecule has 6 nitrogen and oxygen atoms in total. The van der Waals surface area contributed by atoms with E-state index < -0.39 is 0 Å². The summed E-state index contributed by atoms with van der Waals surface area (Å²) in [5.74, 6) is 0.422. The maximum atomic E-state index is 11.7. The van der Waals surface area contributed by atoms with E-state index in [0.717, 1.165) is 12.2 Å². The van der Waals surface area contributed by atoms with E-state index in [1.165, 1.54) is 6.20 Å². The van der Waals surface area contributed by atoms with Crippen molar-refractivity contribution < 1.29 is 9.53 Å². The van der Waals surface area contributed by atoms with Crippen molar-refractivity contribution in [1.29, 1.82) is 0 Å². The van der Waals surface area contributed by atoms with Crippen molar-refractivity contribution in [2.45, 2.75) is 13.3 Å². The topological polar surface area (TPSA) is 79.9 Å². The molecule has 0 unspecified atom stereocenters. The smallest absolute Gasteiger partial charge is 0.277 e. The highest BCUT2D eigenvalue weighted by Crippen LogP contribution is 2.17. The Hall–Kier alpha value is -2.37. The molecular formula is C12H14N4O2. The molecule has 0 saturated carbocycles. The van der Waals surface area contributed by atoms with Crippen LogP contribution in [-0.2, 0) is 0 Å². The summed E-state index contributed by atoms with van der Waals surface area (Å²) in [7, 11) is 0. The summed E-state index contributed by atoms with van der Waals surface area (Å²) in [4.78, 5) is 11.7. The number of benzene rings is 1. The van der Waals surface area contributed by atoms with E-state index in [9.17, 15) is 4.79 Å². The number of rotatable bonds is 5. The van der Waals surface area contributed by atoms with E-state index in [1.54, 1.807) is 12.1 Å². The van der Waals surface area contributed by atoms with Crippen molar-refractivity contribution in [1.82, 2.24) is 15.4 Å². The first-order valence-electron chi connectivity index (χ1n) is 5.69. The van der Waals surface area contributed by atoms with Gasteiger partial charge in [-0.05, 0) is 18.6 Å². The summed E-state index contributed by atoms with van der Waals surface area (Å²) in [6.07, 6.45) is 2.31. The van der Waals surface area contributed by atoms with Crippen molar-refractivity contribution in [3.05, 3.63) is 36.2 Å². The lowest BCUT2D eigenvalue weighted by atomic mass is 10.3. The summed E-state index contributed by atoms with van der Waals surface area (Å²) >= 11 is 0. The minimum atomic E-state index is -0.309. The predicted octanol–water partition coefficient (Wildman–Crippen LogP) is 1.85. The first-order chi connectivity index (χ1) is 8.79. The lowest BCUT2D eigenvalue weighted by molar-refractivity contribution is 0.102. The number of amides is 1. The Bertz CT molecular complexity index is 511. The number of nitrogens with one attached hydrogen (secondary N) is 2. The number of hydrogen-bond donors (Lipinski definition) is 2. The second-order valence-electron chi connectivity index (χ2n) is 3.69. The fraction of sp³-hybridized carbons (Fsp3) is 0.250. The summed E-state index contributed by atoms with van der Waals surface area (Å²) in [6.45, 7) is 2.69. The zero-order valence-electron chi connectivity index (χ0n) is 10.0. The number of aromatic amines is 1. The van der Waals surface area contributed by atoms with Crippen LogP contribution in [0.15, 0.2) is 30.5 Å². The quantitative estimate of drug-likeness (QED) is 0.843. The second kappa shape index (κ2) is 5.81. The third-order valence-electron chi connectivity index (χ3n) is 2.21. The molecule has 0 spiro atoms. The summed E-state index contributed by atoms with van der Waals surface area (Å²) in [5.41, 5.74) is 0.909. The Balaban J connectivity index is 2.03. The van der Waals surface area contributed by atoms with Crippen molar-refractivity contribution in [3.63, 3.8) is 0 Å². The minimum Gasteiger partial charge on any atom is -0.494 e. The SMILES string of the molecule is CCCOc1cccc(NC(=O)c2cn[nH]n2)c1. The molecule has 2 N–H and O–H groups in total. The third-order valence-corrected chi connectivity index (χ3v) is 2.21. The van der Waals surface area contributed by atoms with E-state index in [1.807, 2.05) is 19.1 Å². The Morgan fingerprint density at radius 2 is 2.39 bits per heavy atom. The summed E-state index contributed by atoms with van der Waals surface area (Å²) in [6, 6.07) is 7.23. The molecule has 0 aliphatic rings. The summed E-state index contributed by atoms with van der Waals surface area (Å²) in [5, 5.41) is 12.4. The van der Waals surface area contributed by atoms with Crippen LogP contribution in [0.1, 0.15) is 23.8 Å². The number of carbonyl (C=O) groups excluding carboxylic acids is 1. The minimum absolute atomic E-state index is 0.245. The van der Waals surface area contributed by atoms with Crippen LogP contribution in [0.4, 0.5) is 5.69 Å². The monoisotopic (exact) mass is 246 g/mol. The van der Waals surface area contributed by atoms with Gasteiger partial charge in [-0.1, -0.05) is 13.0 Å². The zero-order chi connectivity index (χ0) is 12.8. The highest BCUT2D eigenvalue weighted by molar-refractivity contribution is 6.02. The first kappa shape index (κ1) is 12.1. The molecule has 0 atom stereocenters. The number of nitrogens with zero attached hydrogens (tertiary/aromatic N) is 2. The van der Waals surface area contributed by atoms with Crippen LogP contribution in [0.5, 0.6) is 5.75 Å². The third kappa shape index (κ3) is 3.07.